The van der Waals surface area contributed by atoms with Crippen LogP contribution in [0.25, 0.3) is 0 Å². The fourth-order valence-corrected chi connectivity index (χ4v) is 1.15. The molecule has 0 spiro atoms. The largest absolute Gasteiger partial charge is 0.493 e. The summed E-state index contributed by atoms with van der Waals surface area (Å²) in [5.41, 5.74) is 0. The lowest BCUT2D eigenvalue weighted by Gasteiger charge is -2.12. The van der Waals surface area contributed by atoms with Crippen molar-refractivity contribution >= 4 is 6.47 Å². The van der Waals surface area contributed by atoms with Gasteiger partial charge < -0.3 is 18.9 Å². The minimum atomic E-state index is 0.283. The first-order valence-electron chi connectivity index (χ1n) is 4.17. The molecule has 0 aromatic heterocycles. The Morgan fingerprint density at radius 2 is 1.27 bits per heavy atom. The number of benzene rings is 1. The zero-order valence-corrected chi connectivity index (χ0v) is 8.77. The van der Waals surface area contributed by atoms with Crippen LogP contribution in [0, 0.1) is 0 Å². The van der Waals surface area contributed by atoms with Crippen molar-refractivity contribution in [1.29, 1.82) is 0 Å². The van der Waals surface area contributed by atoms with Crippen LogP contribution in [0.15, 0.2) is 12.1 Å². The molecule has 0 amide bonds. The van der Waals surface area contributed by atoms with Crippen LogP contribution in [-0.4, -0.2) is 27.8 Å². The maximum atomic E-state index is 10.2. The van der Waals surface area contributed by atoms with E-state index in [-0.39, 0.29) is 5.75 Å². The minimum Gasteiger partial charge on any atom is -0.493 e. The summed E-state index contributed by atoms with van der Waals surface area (Å²) in [5, 5.41) is 0. The number of ether oxygens (including phenoxy) is 4. The smallest absolute Gasteiger partial charge is 0.298 e. The van der Waals surface area contributed by atoms with Crippen LogP contribution in [0.1, 0.15) is 0 Å². The van der Waals surface area contributed by atoms with E-state index in [1.165, 1.54) is 27.4 Å². The van der Waals surface area contributed by atoms with Crippen LogP contribution < -0.4 is 18.9 Å². The summed E-state index contributed by atoms with van der Waals surface area (Å²) in [6.07, 6.45) is 0. The monoisotopic (exact) mass is 212 g/mol. The normalized spacial score (nSPS) is 9.27. The zero-order chi connectivity index (χ0) is 11.3. The number of rotatable bonds is 5. The van der Waals surface area contributed by atoms with Gasteiger partial charge in [0.05, 0.1) is 21.3 Å². The maximum Gasteiger partial charge on any atom is 0.298 e. The van der Waals surface area contributed by atoms with E-state index in [4.69, 9.17) is 18.9 Å². The van der Waals surface area contributed by atoms with E-state index in [1.807, 2.05) is 0 Å². The van der Waals surface area contributed by atoms with Gasteiger partial charge in [0.2, 0.25) is 0 Å². The van der Waals surface area contributed by atoms with Crippen molar-refractivity contribution < 1.29 is 23.7 Å². The third-order valence-corrected chi connectivity index (χ3v) is 1.84. The summed E-state index contributed by atoms with van der Waals surface area (Å²) in [5.74, 6) is 1.66. The molecule has 5 heteroatoms. The molecule has 0 N–H and O–H groups in total. The van der Waals surface area contributed by atoms with Gasteiger partial charge in [-0.15, -0.1) is 0 Å². The van der Waals surface area contributed by atoms with Gasteiger partial charge in [0.1, 0.15) is 0 Å². The van der Waals surface area contributed by atoms with E-state index in [9.17, 15) is 4.79 Å². The molecule has 5 nitrogen and oxygen atoms in total. The third-order valence-electron chi connectivity index (χ3n) is 1.84. The quantitative estimate of drug-likeness (QED) is 0.687. The SMILES string of the molecule is COc1cc(OC)c(OC=O)cc1OC. The number of carbonyl (C=O) groups is 1. The van der Waals surface area contributed by atoms with Gasteiger partial charge >= 0.3 is 0 Å². The Hall–Kier alpha value is -1.91. The number of methoxy groups -OCH3 is 3. The van der Waals surface area contributed by atoms with Crippen molar-refractivity contribution in [3.8, 4) is 23.0 Å². The fourth-order valence-electron chi connectivity index (χ4n) is 1.15. The predicted molar refractivity (Wildman–Crippen MR) is 52.8 cm³/mol. The van der Waals surface area contributed by atoms with Crippen molar-refractivity contribution in [2.75, 3.05) is 21.3 Å². The molecule has 0 aliphatic heterocycles. The predicted octanol–water partition coefficient (Wildman–Crippen LogP) is 1.25. The number of carbonyl (C=O) groups excluding carboxylic acids is 1. The Kier molecular flexibility index (Phi) is 3.79. The highest BCUT2D eigenvalue weighted by Gasteiger charge is 2.12. The Bertz CT molecular complexity index is 348. The van der Waals surface area contributed by atoms with E-state index in [2.05, 4.69) is 0 Å². The molecule has 0 fully saturated rings. The fraction of sp³-hybridized carbons (Fsp3) is 0.300. The lowest BCUT2D eigenvalue weighted by Crippen LogP contribution is -1.97. The zero-order valence-electron chi connectivity index (χ0n) is 8.77. The van der Waals surface area contributed by atoms with E-state index in [0.29, 0.717) is 23.7 Å². The van der Waals surface area contributed by atoms with Crippen LogP contribution in [0.2, 0.25) is 0 Å². The van der Waals surface area contributed by atoms with Gasteiger partial charge in [-0.25, -0.2) is 0 Å². The van der Waals surface area contributed by atoms with Gasteiger partial charge in [0.25, 0.3) is 6.47 Å². The Morgan fingerprint density at radius 1 is 0.867 bits per heavy atom. The second kappa shape index (κ2) is 5.09. The average molecular weight is 212 g/mol. The van der Waals surface area contributed by atoms with Crippen molar-refractivity contribution in [2.45, 2.75) is 0 Å². The van der Waals surface area contributed by atoms with Crippen LogP contribution in [0.5, 0.6) is 23.0 Å². The summed E-state index contributed by atoms with van der Waals surface area (Å²) in [7, 11) is 4.48. The summed E-state index contributed by atoms with van der Waals surface area (Å²) < 4.78 is 19.9. The molecule has 15 heavy (non-hydrogen) atoms. The van der Waals surface area contributed by atoms with Crippen LogP contribution in [0.4, 0.5) is 0 Å². The highest BCUT2D eigenvalue weighted by molar-refractivity contribution is 5.58. The lowest BCUT2D eigenvalue weighted by atomic mass is 10.2. The highest BCUT2D eigenvalue weighted by atomic mass is 16.5. The summed E-state index contributed by atoms with van der Waals surface area (Å²) >= 11 is 0. The second-order valence-electron chi connectivity index (χ2n) is 2.57. The van der Waals surface area contributed by atoms with E-state index in [0.717, 1.165) is 0 Å². The molecule has 1 aromatic rings. The minimum absolute atomic E-state index is 0.283. The highest BCUT2D eigenvalue weighted by Crippen LogP contribution is 2.38. The molecule has 0 saturated carbocycles. The van der Waals surface area contributed by atoms with E-state index < -0.39 is 0 Å². The van der Waals surface area contributed by atoms with Gasteiger partial charge in [-0.1, -0.05) is 0 Å². The first kappa shape index (κ1) is 11.2. The van der Waals surface area contributed by atoms with Crippen LogP contribution in [0.3, 0.4) is 0 Å². The Balaban J connectivity index is 3.20. The molecule has 0 radical (unpaired) electrons. The molecular weight excluding hydrogens is 200 g/mol. The topological polar surface area (TPSA) is 54.0 Å². The van der Waals surface area contributed by atoms with Crippen molar-refractivity contribution in [3.05, 3.63) is 12.1 Å². The molecule has 0 atom stereocenters. The molecule has 0 unspecified atom stereocenters. The Labute approximate surface area is 87.5 Å². The van der Waals surface area contributed by atoms with E-state index in [1.54, 1.807) is 6.07 Å². The molecule has 0 heterocycles. The Morgan fingerprint density at radius 3 is 1.67 bits per heavy atom. The van der Waals surface area contributed by atoms with E-state index >= 15 is 0 Å². The molecule has 0 aliphatic rings. The van der Waals surface area contributed by atoms with Crippen molar-refractivity contribution in [2.24, 2.45) is 0 Å². The lowest BCUT2D eigenvalue weighted by molar-refractivity contribution is -0.120. The summed E-state index contributed by atoms with van der Waals surface area (Å²) in [6, 6.07) is 3.10. The van der Waals surface area contributed by atoms with Gasteiger partial charge in [-0.3, -0.25) is 4.79 Å². The maximum absolute atomic E-state index is 10.2. The van der Waals surface area contributed by atoms with Crippen LogP contribution in [-0.2, 0) is 4.79 Å². The van der Waals surface area contributed by atoms with Crippen LogP contribution >= 0.6 is 0 Å². The third kappa shape index (κ3) is 2.31. The average Bonchev–Trinajstić information content (AvgIpc) is 2.28. The number of hydrogen-bond donors (Lipinski definition) is 0. The molecule has 0 saturated heterocycles. The molecule has 82 valence electrons. The number of hydrogen-bond acceptors (Lipinski definition) is 5. The summed E-state index contributed by atoms with van der Waals surface area (Å²) in [6.45, 7) is 0.323. The van der Waals surface area contributed by atoms with Gasteiger partial charge in [-0.05, 0) is 0 Å². The standard InChI is InChI=1S/C10H12O5/c1-12-7-4-9(14-3)10(15-6-11)5-8(7)13-2/h4-6H,1-3H3. The molecule has 0 bridgehead atoms. The van der Waals surface area contributed by atoms with Crippen molar-refractivity contribution in [1.82, 2.24) is 0 Å². The second-order valence-corrected chi connectivity index (χ2v) is 2.57. The van der Waals surface area contributed by atoms with Crippen molar-refractivity contribution in [3.63, 3.8) is 0 Å². The molecule has 1 rings (SSSR count). The van der Waals surface area contributed by atoms with Gasteiger partial charge in [0, 0.05) is 12.1 Å². The molecular formula is C10H12O5. The molecule has 0 aliphatic carbocycles. The first-order chi connectivity index (χ1) is 7.26. The van der Waals surface area contributed by atoms with Gasteiger partial charge in [0.15, 0.2) is 23.0 Å². The first-order valence-corrected chi connectivity index (χ1v) is 4.17. The van der Waals surface area contributed by atoms with Gasteiger partial charge in [-0.2, -0.15) is 0 Å². The molecule has 1 aromatic carbocycles. The summed E-state index contributed by atoms with van der Waals surface area (Å²) in [4.78, 5) is 10.2.